The fraction of sp³-hybridized carbons (Fsp3) is 0.154. The van der Waals surface area contributed by atoms with Crippen molar-refractivity contribution in [2.24, 2.45) is 5.73 Å². The van der Waals surface area contributed by atoms with E-state index in [0.29, 0.717) is 10.0 Å². The molecule has 1 aromatic carbocycles. The van der Waals surface area contributed by atoms with Gasteiger partial charge in [-0.1, -0.05) is 29.3 Å². The van der Waals surface area contributed by atoms with Crippen LogP contribution < -0.4 is 5.73 Å². The van der Waals surface area contributed by atoms with Gasteiger partial charge in [-0.3, -0.25) is 4.98 Å². The van der Waals surface area contributed by atoms with Gasteiger partial charge in [0.1, 0.15) is 0 Å². The molecular weight excluding hydrogens is 255 g/mol. The summed E-state index contributed by atoms with van der Waals surface area (Å²) in [5, 5.41) is 1.17. The van der Waals surface area contributed by atoms with Gasteiger partial charge in [-0.2, -0.15) is 0 Å². The highest BCUT2D eigenvalue weighted by atomic mass is 35.5. The number of pyridine rings is 1. The zero-order valence-corrected chi connectivity index (χ0v) is 10.8. The molecule has 0 amide bonds. The molecule has 88 valence electrons. The van der Waals surface area contributed by atoms with Crippen molar-refractivity contribution >= 4 is 23.2 Å². The van der Waals surface area contributed by atoms with Crippen molar-refractivity contribution in [1.29, 1.82) is 0 Å². The second kappa shape index (κ2) is 5.05. The molecule has 2 rings (SSSR count). The number of nitrogens with zero attached hydrogens (tertiary/aromatic N) is 1. The number of rotatable bonds is 2. The van der Waals surface area contributed by atoms with Crippen molar-refractivity contribution in [2.75, 3.05) is 0 Å². The van der Waals surface area contributed by atoms with Gasteiger partial charge in [0.05, 0.1) is 6.04 Å². The highest BCUT2D eigenvalue weighted by Gasteiger charge is 2.10. The van der Waals surface area contributed by atoms with Crippen LogP contribution in [0.4, 0.5) is 0 Å². The Morgan fingerprint density at radius 3 is 2.24 bits per heavy atom. The molecule has 1 aromatic heterocycles. The minimum absolute atomic E-state index is 0.265. The summed E-state index contributed by atoms with van der Waals surface area (Å²) in [5.74, 6) is 0. The molecule has 1 unspecified atom stereocenters. The van der Waals surface area contributed by atoms with Crippen LogP contribution >= 0.6 is 23.2 Å². The van der Waals surface area contributed by atoms with Crippen molar-refractivity contribution in [2.45, 2.75) is 13.0 Å². The van der Waals surface area contributed by atoms with E-state index in [2.05, 4.69) is 4.98 Å². The van der Waals surface area contributed by atoms with Crippen LogP contribution in [0, 0.1) is 6.92 Å². The van der Waals surface area contributed by atoms with Crippen LogP contribution in [-0.4, -0.2) is 4.98 Å². The first kappa shape index (κ1) is 12.4. The second-order valence-electron chi connectivity index (χ2n) is 3.91. The third-order valence-corrected chi connectivity index (χ3v) is 2.97. The maximum Gasteiger partial charge on any atom is 0.0567 e. The van der Waals surface area contributed by atoms with Crippen molar-refractivity contribution in [3.05, 3.63) is 63.4 Å². The molecule has 2 aromatic rings. The van der Waals surface area contributed by atoms with E-state index in [-0.39, 0.29) is 6.04 Å². The third-order valence-electron chi connectivity index (χ3n) is 2.54. The predicted molar refractivity (Wildman–Crippen MR) is 71.5 cm³/mol. The van der Waals surface area contributed by atoms with E-state index in [9.17, 15) is 0 Å². The molecule has 0 spiro atoms. The average molecular weight is 267 g/mol. The standard InChI is InChI=1S/C13H12Cl2N2/c1-8-2-3-9(7-17-8)13(16)10-4-11(14)6-12(15)5-10/h2-7,13H,16H2,1H3. The smallest absolute Gasteiger partial charge is 0.0567 e. The number of benzene rings is 1. The summed E-state index contributed by atoms with van der Waals surface area (Å²) in [7, 11) is 0. The van der Waals surface area contributed by atoms with E-state index in [0.717, 1.165) is 16.8 Å². The lowest BCUT2D eigenvalue weighted by Crippen LogP contribution is -2.12. The molecule has 0 saturated carbocycles. The van der Waals surface area contributed by atoms with Crippen LogP contribution in [0.1, 0.15) is 22.9 Å². The van der Waals surface area contributed by atoms with Crippen molar-refractivity contribution in [1.82, 2.24) is 4.98 Å². The summed E-state index contributed by atoms with van der Waals surface area (Å²) in [4.78, 5) is 4.22. The van der Waals surface area contributed by atoms with Gasteiger partial charge in [0, 0.05) is 21.9 Å². The van der Waals surface area contributed by atoms with Crippen LogP contribution in [0.3, 0.4) is 0 Å². The van der Waals surface area contributed by atoms with Gasteiger partial charge < -0.3 is 5.73 Å². The first-order chi connectivity index (χ1) is 8.06. The molecule has 2 nitrogen and oxygen atoms in total. The van der Waals surface area contributed by atoms with E-state index in [1.807, 2.05) is 31.2 Å². The predicted octanol–water partition coefficient (Wildman–Crippen LogP) is 3.74. The Kier molecular flexibility index (Phi) is 3.67. The number of aromatic nitrogens is 1. The zero-order valence-electron chi connectivity index (χ0n) is 9.32. The number of halogens is 2. The van der Waals surface area contributed by atoms with Gasteiger partial charge >= 0.3 is 0 Å². The molecule has 1 atom stereocenters. The summed E-state index contributed by atoms with van der Waals surface area (Å²) >= 11 is 11.9. The van der Waals surface area contributed by atoms with Crippen LogP contribution in [0.25, 0.3) is 0 Å². The topological polar surface area (TPSA) is 38.9 Å². The fourth-order valence-corrected chi connectivity index (χ4v) is 2.15. The molecular formula is C13H12Cl2N2. The molecule has 4 heteroatoms. The second-order valence-corrected chi connectivity index (χ2v) is 4.79. The van der Waals surface area contributed by atoms with Gasteiger partial charge in [0.15, 0.2) is 0 Å². The van der Waals surface area contributed by atoms with Crippen molar-refractivity contribution < 1.29 is 0 Å². The van der Waals surface area contributed by atoms with Crippen LogP contribution in [0.2, 0.25) is 10.0 Å². The Balaban J connectivity index is 2.36. The lowest BCUT2D eigenvalue weighted by Gasteiger charge is -2.13. The SMILES string of the molecule is Cc1ccc(C(N)c2cc(Cl)cc(Cl)c2)cn1. The van der Waals surface area contributed by atoms with Crippen molar-refractivity contribution in [3.63, 3.8) is 0 Å². The normalized spacial score (nSPS) is 12.5. The molecule has 0 aliphatic rings. The molecule has 1 heterocycles. The first-order valence-electron chi connectivity index (χ1n) is 5.20. The Bertz CT molecular complexity index is 503. The van der Waals surface area contributed by atoms with Gasteiger partial charge in [-0.05, 0) is 42.3 Å². The number of hydrogen-bond acceptors (Lipinski definition) is 2. The Morgan fingerprint density at radius 1 is 1.06 bits per heavy atom. The van der Waals surface area contributed by atoms with E-state index in [1.54, 1.807) is 12.3 Å². The van der Waals surface area contributed by atoms with Gasteiger partial charge in [0.2, 0.25) is 0 Å². The summed E-state index contributed by atoms with van der Waals surface area (Å²) in [5.41, 5.74) is 8.93. The molecule has 0 bridgehead atoms. The summed E-state index contributed by atoms with van der Waals surface area (Å²) < 4.78 is 0. The molecule has 17 heavy (non-hydrogen) atoms. The highest BCUT2D eigenvalue weighted by molar-refractivity contribution is 6.34. The molecule has 0 radical (unpaired) electrons. The van der Waals surface area contributed by atoms with Crippen molar-refractivity contribution in [3.8, 4) is 0 Å². The van der Waals surface area contributed by atoms with Crippen LogP contribution in [0.15, 0.2) is 36.5 Å². The minimum Gasteiger partial charge on any atom is -0.320 e. The number of nitrogens with two attached hydrogens (primary N) is 1. The molecule has 2 N–H and O–H groups in total. The molecule has 0 fully saturated rings. The molecule has 0 aliphatic heterocycles. The maximum atomic E-state index is 6.15. The van der Waals surface area contributed by atoms with Gasteiger partial charge in [-0.15, -0.1) is 0 Å². The Hall–Kier alpha value is -1.09. The van der Waals surface area contributed by atoms with Gasteiger partial charge in [0.25, 0.3) is 0 Å². The van der Waals surface area contributed by atoms with E-state index in [4.69, 9.17) is 28.9 Å². The number of aryl methyl sites for hydroxylation is 1. The minimum atomic E-state index is -0.265. The maximum absolute atomic E-state index is 6.15. The van der Waals surface area contributed by atoms with Gasteiger partial charge in [-0.25, -0.2) is 0 Å². The lowest BCUT2D eigenvalue weighted by atomic mass is 10.0. The van der Waals surface area contributed by atoms with Crippen LogP contribution in [0.5, 0.6) is 0 Å². The molecule has 0 saturated heterocycles. The highest BCUT2D eigenvalue weighted by Crippen LogP contribution is 2.25. The summed E-state index contributed by atoms with van der Waals surface area (Å²) in [6.07, 6.45) is 1.77. The fourth-order valence-electron chi connectivity index (χ4n) is 1.61. The largest absolute Gasteiger partial charge is 0.320 e. The summed E-state index contributed by atoms with van der Waals surface area (Å²) in [6, 6.07) is 8.95. The molecule has 0 aliphatic carbocycles. The van der Waals surface area contributed by atoms with E-state index >= 15 is 0 Å². The Labute approximate surface area is 110 Å². The van der Waals surface area contributed by atoms with Crippen LogP contribution in [-0.2, 0) is 0 Å². The average Bonchev–Trinajstić information content (AvgIpc) is 2.28. The third kappa shape index (κ3) is 2.97. The summed E-state index contributed by atoms with van der Waals surface area (Å²) in [6.45, 7) is 1.94. The quantitative estimate of drug-likeness (QED) is 0.900. The Morgan fingerprint density at radius 2 is 1.71 bits per heavy atom. The van der Waals surface area contributed by atoms with E-state index in [1.165, 1.54) is 0 Å². The lowest BCUT2D eigenvalue weighted by molar-refractivity contribution is 0.860. The zero-order chi connectivity index (χ0) is 12.4. The monoisotopic (exact) mass is 266 g/mol. The first-order valence-corrected chi connectivity index (χ1v) is 5.96. The number of hydrogen-bond donors (Lipinski definition) is 1. The van der Waals surface area contributed by atoms with E-state index < -0.39 is 0 Å².